The van der Waals surface area contributed by atoms with E-state index in [1.807, 2.05) is 54.6 Å². The van der Waals surface area contributed by atoms with Crippen molar-refractivity contribution in [1.82, 2.24) is 4.98 Å². The fourth-order valence-corrected chi connectivity index (χ4v) is 2.77. The molecule has 0 spiro atoms. The molecule has 108 valence electrons. The molecule has 0 atom stereocenters. The molecular formula is C18H14N2O2. The van der Waals surface area contributed by atoms with Gasteiger partial charge < -0.3 is 15.0 Å². The molecule has 0 fully saturated rings. The Morgan fingerprint density at radius 1 is 1.09 bits per heavy atom. The largest absolute Gasteiger partial charge is 0.497 e. The number of amides is 1. The molecule has 2 N–H and O–H groups in total. The monoisotopic (exact) mass is 290 g/mol. The Hall–Kier alpha value is -3.01. The second kappa shape index (κ2) is 4.77. The van der Waals surface area contributed by atoms with E-state index >= 15 is 0 Å². The Labute approximate surface area is 127 Å². The van der Waals surface area contributed by atoms with E-state index in [0.29, 0.717) is 5.57 Å². The third kappa shape index (κ3) is 1.97. The SMILES string of the molecule is COc1ccc2c(c1)/C(=C/c1cc3ccccc3[nH]1)C(=O)N2. The molecule has 0 unspecified atom stereocenters. The Kier molecular flexibility index (Phi) is 2.76. The highest BCUT2D eigenvalue weighted by Crippen LogP contribution is 2.35. The molecule has 0 radical (unpaired) electrons. The van der Waals surface area contributed by atoms with E-state index in [1.54, 1.807) is 7.11 Å². The highest BCUT2D eigenvalue weighted by atomic mass is 16.5. The summed E-state index contributed by atoms with van der Waals surface area (Å²) >= 11 is 0. The van der Waals surface area contributed by atoms with Gasteiger partial charge in [-0.15, -0.1) is 0 Å². The number of hydrogen-bond donors (Lipinski definition) is 2. The quantitative estimate of drug-likeness (QED) is 0.707. The van der Waals surface area contributed by atoms with Crippen LogP contribution in [0.4, 0.5) is 5.69 Å². The van der Waals surface area contributed by atoms with Crippen LogP contribution >= 0.6 is 0 Å². The van der Waals surface area contributed by atoms with E-state index in [2.05, 4.69) is 10.3 Å². The molecule has 1 amide bonds. The predicted octanol–water partition coefficient (Wildman–Crippen LogP) is 3.67. The average molecular weight is 290 g/mol. The summed E-state index contributed by atoms with van der Waals surface area (Å²) in [5.41, 5.74) is 4.28. The lowest BCUT2D eigenvalue weighted by atomic mass is 10.1. The van der Waals surface area contributed by atoms with Crippen LogP contribution in [0, 0.1) is 0 Å². The molecule has 0 aliphatic carbocycles. The van der Waals surface area contributed by atoms with Crippen LogP contribution in [0.25, 0.3) is 22.6 Å². The number of carbonyl (C=O) groups is 1. The van der Waals surface area contributed by atoms with E-state index < -0.39 is 0 Å². The van der Waals surface area contributed by atoms with Crippen LogP contribution in [0.15, 0.2) is 48.5 Å². The number of H-pyrrole nitrogens is 1. The fourth-order valence-electron chi connectivity index (χ4n) is 2.77. The summed E-state index contributed by atoms with van der Waals surface area (Å²) in [4.78, 5) is 15.5. The number of fused-ring (bicyclic) bond motifs is 2. The number of rotatable bonds is 2. The number of anilines is 1. The normalized spacial score (nSPS) is 15.1. The van der Waals surface area contributed by atoms with Crippen molar-refractivity contribution >= 4 is 34.1 Å². The van der Waals surface area contributed by atoms with Gasteiger partial charge in [-0.2, -0.15) is 0 Å². The summed E-state index contributed by atoms with van der Waals surface area (Å²) in [7, 11) is 1.62. The average Bonchev–Trinajstić information content (AvgIpc) is 3.08. The zero-order valence-electron chi connectivity index (χ0n) is 12.0. The number of methoxy groups -OCH3 is 1. The van der Waals surface area contributed by atoms with Crippen molar-refractivity contribution in [2.24, 2.45) is 0 Å². The Balaban J connectivity index is 1.83. The Bertz CT molecular complexity index is 889. The van der Waals surface area contributed by atoms with Crippen molar-refractivity contribution in [3.05, 3.63) is 59.8 Å². The molecule has 0 saturated carbocycles. The highest BCUT2D eigenvalue weighted by Gasteiger charge is 2.24. The van der Waals surface area contributed by atoms with Gasteiger partial charge in [0.2, 0.25) is 0 Å². The van der Waals surface area contributed by atoms with Gasteiger partial charge in [0.1, 0.15) is 5.75 Å². The van der Waals surface area contributed by atoms with Crippen molar-refractivity contribution in [3.8, 4) is 5.75 Å². The molecule has 22 heavy (non-hydrogen) atoms. The van der Waals surface area contributed by atoms with Gasteiger partial charge in [-0.25, -0.2) is 0 Å². The maximum absolute atomic E-state index is 12.2. The molecule has 3 aromatic rings. The molecule has 4 heteroatoms. The Morgan fingerprint density at radius 2 is 1.95 bits per heavy atom. The lowest BCUT2D eigenvalue weighted by molar-refractivity contribution is -0.110. The van der Waals surface area contributed by atoms with Crippen LogP contribution in [-0.2, 0) is 4.79 Å². The standard InChI is InChI=1S/C18H14N2O2/c1-22-13-6-7-17-14(10-13)15(18(21)20-17)9-12-8-11-4-2-3-5-16(11)19-12/h2-10,19H,1H3,(H,20,21)/b15-9-. The maximum atomic E-state index is 12.2. The van der Waals surface area contributed by atoms with Crippen LogP contribution < -0.4 is 10.1 Å². The lowest BCUT2D eigenvalue weighted by Gasteiger charge is -2.02. The van der Waals surface area contributed by atoms with E-state index in [-0.39, 0.29) is 5.91 Å². The minimum atomic E-state index is -0.0955. The molecule has 1 aromatic heterocycles. The molecule has 4 rings (SSSR count). The van der Waals surface area contributed by atoms with Crippen LogP contribution in [-0.4, -0.2) is 18.0 Å². The highest BCUT2D eigenvalue weighted by molar-refractivity contribution is 6.35. The number of hydrogen-bond acceptors (Lipinski definition) is 2. The van der Waals surface area contributed by atoms with Crippen molar-refractivity contribution in [3.63, 3.8) is 0 Å². The van der Waals surface area contributed by atoms with Gasteiger partial charge in [-0.05, 0) is 41.8 Å². The van der Waals surface area contributed by atoms with Crippen LogP contribution in [0.3, 0.4) is 0 Å². The maximum Gasteiger partial charge on any atom is 0.256 e. The first-order chi connectivity index (χ1) is 10.7. The summed E-state index contributed by atoms with van der Waals surface area (Å²) < 4.78 is 5.25. The molecule has 2 aromatic carbocycles. The number of ether oxygens (including phenoxy) is 1. The van der Waals surface area contributed by atoms with Gasteiger partial charge in [0.25, 0.3) is 5.91 Å². The van der Waals surface area contributed by atoms with Crippen molar-refractivity contribution < 1.29 is 9.53 Å². The summed E-state index contributed by atoms with van der Waals surface area (Å²) in [6, 6.07) is 15.6. The third-order valence-corrected chi connectivity index (χ3v) is 3.86. The van der Waals surface area contributed by atoms with Gasteiger partial charge >= 0.3 is 0 Å². The van der Waals surface area contributed by atoms with Crippen molar-refractivity contribution in [1.29, 1.82) is 0 Å². The Morgan fingerprint density at radius 3 is 2.77 bits per heavy atom. The van der Waals surface area contributed by atoms with Gasteiger partial charge in [0.05, 0.1) is 12.7 Å². The third-order valence-electron chi connectivity index (χ3n) is 3.86. The van der Waals surface area contributed by atoms with Crippen molar-refractivity contribution in [2.45, 2.75) is 0 Å². The van der Waals surface area contributed by atoms with Gasteiger partial charge in [0.15, 0.2) is 0 Å². The van der Waals surface area contributed by atoms with E-state index in [0.717, 1.165) is 33.6 Å². The number of carbonyl (C=O) groups excluding carboxylic acids is 1. The molecular weight excluding hydrogens is 276 g/mol. The zero-order chi connectivity index (χ0) is 15.1. The number of para-hydroxylation sites is 1. The van der Waals surface area contributed by atoms with Crippen LogP contribution in [0.5, 0.6) is 5.75 Å². The van der Waals surface area contributed by atoms with E-state index in [4.69, 9.17) is 4.74 Å². The fraction of sp³-hybridized carbons (Fsp3) is 0.0556. The molecule has 4 nitrogen and oxygen atoms in total. The first-order valence-corrected chi connectivity index (χ1v) is 7.04. The lowest BCUT2D eigenvalue weighted by Crippen LogP contribution is -2.03. The minimum Gasteiger partial charge on any atom is -0.497 e. The summed E-state index contributed by atoms with van der Waals surface area (Å²) in [6.45, 7) is 0. The summed E-state index contributed by atoms with van der Waals surface area (Å²) in [5, 5.41) is 4.00. The smallest absolute Gasteiger partial charge is 0.256 e. The molecule has 2 heterocycles. The van der Waals surface area contributed by atoms with Crippen LogP contribution in [0.1, 0.15) is 11.3 Å². The first-order valence-electron chi connectivity index (χ1n) is 7.04. The van der Waals surface area contributed by atoms with E-state index in [9.17, 15) is 4.79 Å². The van der Waals surface area contributed by atoms with E-state index in [1.165, 1.54) is 0 Å². The van der Waals surface area contributed by atoms with Gasteiger partial charge in [-0.1, -0.05) is 18.2 Å². The summed E-state index contributed by atoms with van der Waals surface area (Å²) in [6.07, 6.45) is 1.88. The first kappa shape index (κ1) is 12.7. The number of aromatic amines is 1. The molecule has 1 aliphatic rings. The van der Waals surface area contributed by atoms with Crippen molar-refractivity contribution in [2.75, 3.05) is 12.4 Å². The van der Waals surface area contributed by atoms with Gasteiger partial charge in [-0.3, -0.25) is 4.79 Å². The topological polar surface area (TPSA) is 54.1 Å². The number of aromatic nitrogens is 1. The molecule has 1 aliphatic heterocycles. The predicted molar refractivity (Wildman–Crippen MR) is 87.8 cm³/mol. The number of nitrogens with one attached hydrogen (secondary N) is 2. The second-order valence-electron chi connectivity index (χ2n) is 5.24. The second-order valence-corrected chi connectivity index (χ2v) is 5.24. The number of benzene rings is 2. The van der Waals surface area contributed by atoms with Crippen LogP contribution in [0.2, 0.25) is 0 Å². The zero-order valence-corrected chi connectivity index (χ0v) is 12.0. The molecule has 0 bridgehead atoms. The van der Waals surface area contributed by atoms with Gasteiger partial charge in [0, 0.05) is 22.5 Å². The minimum absolute atomic E-state index is 0.0955. The summed E-state index contributed by atoms with van der Waals surface area (Å²) in [5.74, 6) is 0.639. The molecule has 0 saturated heterocycles.